The van der Waals surface area contributed by atoms with Crippen molar-refractivity contribution in [3.8, 4) is 16.9 Å². The van der Waals surface area contributed by atoms with Gasteiger partial charge in [-0.2, -0.15) is 0 Å². The van der Waals surface area contributed by atoms with E-state index in [1.807, 2.05) is 6.07 Å². The highest BCUT2D eigenvalue weighted by molar-refractivity contribution is 5.86. The molecule has 120 valence electrons. The Hall–Kier alpha value is -3.06. The Balaban J connectivity index is 1.71. The van der Waals surface area contributed by atoms with Crippen LogP contribution in [0.1, 0.15) is 22.6 Å². The van der Waals surface area contributed by atoms with Gasteiger partial charge in [0.2, 0.25) is 0 Å². The van der Waals surface area contributed by atoms with Crippen LogP contribution >= 0.6 is 0 Å². The zero-order chi connectivity index (χ0) is 16.8. The molecule has 4 aromatic carbocycles. The van der Waals surface area contributed by atoms with Gasteiger partial charge in [-0.25, -0.2) is 0 Å². The summed E-state index contributed by atoms with van der Waals surface area (Å²) in [7, 11) is 1.71. The summed E-state index contributed by atoms with van der Waals surface area (Å²) in [5.74, 6) is 1.20. The topological polar surface area (TPSA) is 9.23 Å². The number of hydrogen-bond acceptors (Lipinski definition) is 1. The second-order valence-corrected chi connectivity index (χ2v) is 6.58. The first-order valence-corrected chi connectivity index (χ1v) is 8.61. The molecule has 1 aliphatic carbocycles. The van der Waals surface area contributed by atoms with Crippen molar-refractivity contribution in [1.82, 2.24) is 0 Å². The molecule has 5 rings (SSSR count). The van der Waals surface area contributed by atoms with Crippen molar-refractivity contribution in [1.29, 1.82) is 0 Å². The Bertz CT molecular complexity index is 1050. The maximum Gasteiger partial charge on any atom is 0.119 e. The molecule has 0 aromatic heterocycles. The molecule has 0 amide bonds. The Morgan fingerprint density at radius 3 is 1.92 bits per heavy atom. The van der Waals surface area contributed by atoms with Gasteiger partial charge in [0.25, 0.3) is 0 Å². The molecule has 1 nitrogen and oxygen atoms in total. The Labute approximate surface area is 147 Å². The van der Waals surface area contributed by atoms with E-state index in [4.69, 9.17) is 4.74 Å². The van der Waals surface area contributed by atoms with E-state index in [2.05, 4.69) is 78.9 Å². The number of hydrogen-bond donors (Lipinski definition) is 0. The number of fused-ring (bicyclic) bond motifs is 4. The van der Waals surface area contributed by atoms with Gasteiger partial charge in [0.15, 0.2) is 0 Å². The van der Waals surface area contributed by atoms with Crippen molar-refractivity contribution in [2.75, 3.05) is 7.11 Å². The van der Waals surface area contributed by atoms with Crippen LogP contribution in [0.4, 0.5) is 0 Å². The number of rotatable bonds is 2. The first-order valence-electron chi connectivity index (χ1n) is 8.61. The lowest BCUT2D eigenvalue weighted by Crippen LogP contribution is -1.99. The van der Waals surface area contributed by atoms with Crippen LogP contribution in [0.15, 0.2) is 84.9 Å². The molecule has 0 unspecified atom stereocenters. The highest BCUT2D eigenvalue weighted by Gasteiger charge is 2.29. The molecular weight excluding hydrogens is 304 g/mol. The van der Waals surface area contributed by atoms with Gasteiger partial charge in [0, 0.05) is 5.92 Å². The fourth-order valence-corrected chi connectivity index (χ4v) is 4.06. The molecule has 0 saturated heterocycles. The van der Waals surface area contributed by atoms with E-state index in [9.17, 15) is 0 Å². The highest BCUT2D eigenvalue weighted by Crippen LogP contribution is 2.48. The van der Waals surface area contributed by atoms with Crippen LogP contribution in [0, 0.1) is 0 Å². The summed E-state index contributed by atoms with van der Waals surface area (Å²) in [4.78, 5) is 0. The molecule has 0 radical (unpaired) electrons. The molecule has 0 bridgehead atoms. The standard InChI is InChI=1S/C24H18O/c1-25-19-13-12-16-14-18(11-10-17(16)15-19)24-22-8-4-2-6-20(22)21-7-3-5-9-23(21)24/h2-15,24H,1H3. The second-order valence-electron chi connectivity index (χ2n) is 6.58. The predicted octanol–water partition coefficient (Wildman–Crippen LogP) is 6.01. The highest BCUT2D eigenvalue weighted by atomic mass is 16.5. The second kappa shape index (κ2) is 5.49. The maximum atomic E-state index is 5.35. The van der Waals surface area contributed by atoms with Gasteiger partial charge in [-0.3, -0.25) is 0 Å². The zero-order valence-corrected chi connectivity index (χ0v) is 14.1. The van der Waals surface area contributed by atoms with Crippen molar-refractivity contribution < 1.29 is 4.74 Å². The largest absolute Gasteiger partial charge is 0.497 e. The van der Waals surface area contributed by atoms with Gasteiger partial charge in [0.05, 0.1) is 7.11 Å². The molecule has 0 fully saturated rings. The first kappa shape index (κ1) is 14.3. The van der Waals surface area contributed by atoms with Crippen LogP contribution in [0.2, 0.25) is 0 Å². The van der Waals surface area contributed by atoms with Crippen molar-refractivity contribution in [3.05, 3.63) is 102 Å². The molecule has 1 heteroatoms. The summed E-state index contributed by atoms with van der Waals surface area (Å²) in [5.41, 5.74) is 6.86. The van der Waals surface area contributed by atoms with Gasteiger partial charge in [-0.1, -0.05) is 72.8 Å². The zero-order valence-electron chi connectivity index (χ0n) is 14.1. The minimum atomic E-state index is 0.305. The summed E-state index contributed by atoms with van der Waals surface area (Å²) < 4.78 is 5.35. The summed E-state index contributed by atoms with van der Waals surface area (Å²) in [6.07, 6.45) is 0. The molecule has 0 atom stereocenters. The Morgan fingerprint density at radius 1 is 0.640 bits per heavy atom. The van der Waals surface area contributed by atoms with E-state index in [1.165, 1.54) is 38.6 Å². The average molecular weight is 322 g/mol. The lowest BCUT2D eigenvalue weighted by Gasteiger charge is -2.15. The Kier molecular flexibility index (Phi) is 3.14. The van der Waals surface area contributed by atoms with Crippen molar-refractivity contribution >= 4 is 10.8 Å². The van der Waals surface area contributed by atoms with Gasteiger partial charge in [0.1, 0.15) is 5.75 Å². The van der Waals surface area contributed by atoms with E-state index in [0.717, 1.165) is 5.75 Å². The molecule has 25 heavy (non-hydrogen) atoms. The van der Waals surface area contributed by atoms with Crippen LogP contribution in [-0.4, -0.2) is 7.11 Å². The molecule has 0 saturated carbocycles. The van der Waals surface area contributed by atoms with Crippen LogP contribution in [-0.2, 0) is 0 Å². The normalized spacial score (nSPS) is 12.8. The summed E-state index contributed by atoms with van der Waals surface area (Å²) in [5, 5.41) is 2.46. The molecule has 0 aliphatic heterocycles. The van der Waals surface area contributed by atoms with E-state index >= 15 is 0 Å². The fraction of sp³-hybridized carbons (Fsp3) is 0.0833. The molecule has 1 aliphatic rings. The first-order chi connectivity index (χ1) is 12.3. The van der Waals surface area contributed by atoms with Crippen LogP contribution < -0.4 is 4.74 Å². The van der Waals surface area contributed by atoms with E-state index in [1.54, 1.807) is 7.11 Å². The molecule has 0 heterocycles. The van der Waals surface area contributed by atoms with Crippen LogP contribution in [0.25, 0.3) is 21.9 Å². The average Bonchev–Trinajstić information content (AvgIpc) is 3.02. The van der Waals surface area contributed by atoms with Gasteiger partial charge in [-0.05, 0) is 50.7 Å². The Morgan fingerprint density at radius 2 is 1.24 bits per heavy atom. The van der Waals surface area contributed by atoms with Crippen LogP contribution in [0.5, 0.6) is 5.75 Å². The third-order valence-electron chi connectivity index (χ3n) is 5.24. The minimum Gasteiger partial charge on any atom is -0.497 e. The van der Waals surface area contributed by atoms with Crippen molar-refractivity contribution in [2.24, 2.45) is 0 Å². The summed E-state index contributed by atoms with van der Waals surface area (Å²) in [6, 6.07) is 30.6. The van der Waals surface area contributed by atoms with Gasteiger partial charge >= 0.3 is 0 Å². The quantitative estimate of drug-likeness (QED) is 0.387. The SMILES string of the molecule is COc1ccc2cc(C3c4ccccc4-c4ccccc43)ccc2c1. The maximum absolute atomic E-state index is 5.35. The molecule has 0 N–H and O–H groups in total. The van der Waals surface area contributed by atoms with Crippen LogP contribution in [0.3, 0.4) is 0 Å². The van der Waals surface area contributed by atoms with Gasteiger partial charge < -0.3 is 4.74 Å². The molecular formula is C24H18O. The monoisotopic (exact) mass is 322 g/mol. The predicted molar refractivity (Wildman–Crippen MR) is 103 cm³/mol. The number of methoxy groups -OCH3 is 1. The summed E-state index contributed by atoms with van der Waals surface area (Å²) in [6.45, 7) is 0. The lowest BCUT2D eigenvalue weighted by atomic mass is 9.88. The number of benzene rings is 4. The lowest BCUT2D eigenvalue weighted by molar-refractivity contribution is 0.415. The smallest absolute Gasteiger partial charge is 0.119 e. The van der Waals surface area contributed by atoms with Crippen molar-refractivity contribution in [3.63, 3.8) is 0 Å². The number of ether oxygens (including phenoxy) is 1. The van der Waals surface area contributed by atoms with E-state index < -0.39 is 0 Å². The van der Waals surface area contributed by atoms with Crippen molar-refractivity contribution in [2.45, 2.75) is 5.92 Å². The van der Waals surface area contributed by atoms with E-state index in [0.29, 0.717) is 5.92 Å². The van der Waals surface area contributed by atoms with E-state index in [-0.39, 0.29) is 0 Å². The minimum absolute atomic E-state index is 0.305. The van der Waals surface area contributed by atoms with Gasteiger partial charge in [-0.15, -0.1) is 0 Å². The molecule has 0 spiro atoms. The summed E-state index contributed by atoms with van der Waals surface area (Å²) >= 11 is 0. The third kappa shape index (κ3) is 2.16. The molecule has 4 aromatic rings. The fourth-order valence-electron chi connectivity index (χ4n) is 4.06. The third-order valence-corrected chi connectivity index (χ3v) is 5.24.